The van der Waals surface area contributed by atoms with Gasteiger partial charge in [0, 0.05) is 6.54 Å². The summed E-state index contributed by atoms with van der Waals surface area (Å²) in [6.07, 6.45) is 5.44. The third-order valence-corrected chi connectivity index (χ3v) is 2.69. The van der Waals surface area contributed by atoms with Crippen LogP contribution in [0.1, 0.15) is 6.42 Å². The Morgan fingerprint density at radius 1 is 1.50 bits per heavy atom. The molecule has 14 heavy (non-hydrogen) atoms. The number of hydrogen-bond acceptors (Lipinski definition) is 4. The van der Waals surface area contributed by atoms with Gasteiger partial charge < -0.3 is 11.5 Å². The van der Waals surface area contributed by atoms with E-state index in [1.54, 1.807) is 6.08 Å². The average Bonchev–Trinajstić information content (AvgIpc) is 2.06. The fourth-order valence-electron chi connectivity index (χ4n) is 1.22. The number of allylic oxidation sites excluding steroid dienone is 1. The molecule has 1 unspecified atom stereocenters. The largest absolute Gasteiger partial charge is 0.397 e. The Bertz CT molecular complexity index is 370. The quantitative estimate of drug-likeness (QED) is 0.578. The Balaban J connectivity index is 2.51. The lowest BCUT2D eigenvalue weighted by molar-refractivity contribution is 0.566. The summed E-state index contributed by atoms with van der Waals surface area (Å²) in [6.45, 7) is 0.364. The number of nitrogens with one attached hydrogen (secondary N) is 1. The molecule has 0 saturated heterocycles. The highest BCUT2D eigenvalue weighted by atomic mass is 32.2. The van der Waals surface area contributed by atoms with Crippen LogP contribution in [0.15, 0.2) is 23.5 Å². The summed E-state index contributed by atoms with van der Waals surface area (Å²) in [5.41, 5.74) is 12.2. The Hall–Kier alpha value is -1.01. The third-order valence-electron chi connectivity index (χ3n) is 2.00. The molecule has 0 bridgehead atoms. The van der Waals surface area contributed by atoms with E-state index >= 15 is 0 Å². The zero-order valence-corrected chi connectivity index (χ0v) is 8.84. The van der Waals surface area contributed by atoms with Crippen LogP contribution in [-0.4, -0.2) is 21.2 Å². The van der Waals surface area contributed by atoms with Gasteiger partial charge in [0.15, 0.2) is 0 Å². The van der Waals surface area contributed by atoms with Crippen LogP contribution in [-0.2, 0) is 10.0 Å². The second-order valence-electron chi connectivity index (χ2n) is 3.40. The molecule has 0 spiro atoms. The summed E-state index contributed by atoms with van der Waals surface area (Å²) in [4.78, 5) is 0. The van der Waals surface area contributed by atoms with Crippen molar-refractivity contribution < 1.29 is 8.42 Å². The van der Waals surface area contributed by atoms with Crippen molar-refractivity contribution in [3.63, 3.8) is 0 Å². The molecule has 0 aromatic carbocycles. The molecular weight excluding hydrogens is 202 g/mol. The van der Waals surface area contributed by atoms with Crippen LogP contribution < -0.4 is 16.2 Å². The normalized spacial score (nSPS) is 22.8. The molecule has 0 saturated carbocycles. The lowest BCUT2D eigenvalue weighted by Crippen LogP contribution is -2.29. The number of sulfonamides is 1. The van der Waals surface area contributed by atoms with Crippen LogP contribution >= 0.6 is 0 Å². The van der Waals surface area contributed by atoms with Gasteiger partial charge in [-0.15, -0.1) is 0 Å². The van der Waals surface area contributed by atoms with Gasteiger partial charge in [-0.3, -0.25) is 0 Å². The maximum atomic E-state index is 10.8. The SMILES string of the molecule is CS(=O)(=O)NCC1C=C(N)C(N)=CC1. The Kier molecular flexibility index (Phi) is 3.17. The van der Waals surface area contributed by atoms with E-state index in [0.29, 0.717) is 17.9 Å². The molecule has 0 heterocycles. The molecular formula is C8H15N3O2S. The van der Waals surface area contributed by atoms with Crippen LogP contribution in [0.3, 0.4) is 0 Å². The van der Waals surface area contributed by atoms with Crippen molar-refractivity contribution >= 4 is 10.0 Å². The molecule has 1 aliphatic carbocycles. The molecule has 6 heteroatoms. The molecule has 0 aliphatic heterocycles. The minimum atomic E-state index is -3.13. The Labute approximate surface area is 83.9 Å². The van der Waals surface area contributed by atoms with E-state index in [9.17, 15) is 8.42 Å². The van der Waals surface area contributed by atoms with Crippen LogP contribution in [0.2, 0.25) is 0 Å². The van der Waals surface area contributed by atoms with E-state index in [0.717, 1.165) is 12.7 Å². The number of hydrogen-bond donors (Lipinski definition) is 3. The number of rotatable bonds is 3. The monoisotopic (exact) mass is 217 g/mol. The van der Waals surface area contributed by atoms with Crippen molar-refractivity contribution in [2.24, 2.45) is 17.4 Å². The van der Waals surface area contributed by atoms with Crippen LogP contribution in [0, 0.1) is 5.92 Å². The van der Waals surface area contributed by atoms with Crippen LogP contribution in [0.5, 0.6) is 0 Å². The molecule has 0 fully saturated rings. The van der Waals surface area contributed by atoms with Crippen molar-refractivity contribution in [2.75, 3.05) is 12.8 Å². The maximum absolute atomic E-state index is 10.8. The van der Waals surface area contributed by atoms with E-state index in [1.165, 1.54) is 0 Å². The highest BCUT2D eigenvalue weighted by Gasteiger charge is 2.13. The second kappa shape index (κ2) is 4.02. The molecule has 1 rings (SSSR count). The molecule has 0 aromatic heterocycles. The van der Waals surface area contributed by atoms with Gasteiger partial charge in [0.05, 0.1) is 17.6 Å². The summed E-state index contributed by atoms with van der Waals surface area (Å²) in [5, 5.41) is 0. The van der Waals surface area contributed by atoms with Gasteiger partial charge in [0.25, 0.3) is 0 Å². The second-order valence-corrected chi connectivity index (χ2v) is 5.23. The van der Waals surface area contributed by atoms with Crippen molar-refractivity contribution in [3.05, 3.63) is 23.5 Å². The van der Waals surface area contributed by atoms with E-state index in [4.69, 9.17) is 11.5 Å². The van der Waals surface area contributed by atoms with Crippen LogP contribution in [0.4, 0.5) is 0 Å². The first kappa shape index (κ1) is 11.1. The first-order valence-corrected chi connectivity index (χ1v) is 6.15. The first-order chi connectivity index (χ1) is 6.38. The van der Waals surface area contributed by atoms with Gasteiger partial charge in [-0.1, -0.05) is 12.2 Å². The molecule has 5 nitrogen and oxygen atoms in total. The summed E-state index contributed by atoms with van der Waals surface area (Å²) in [5.74, 6) is 0.0945. The van der Waals surface area contributed by atoms with Gasteiger partial charge in [0.2, 0.25) is 10.0 Å². The standard InChI is InChI=1S/C8H15N3O2S/c1-14(12,13)11-5-6-2-3-7(9)8(10)4-6/h3-4,6,11H,2,5,9-10H2,1H3. The van der Waals surface area contributed by atoms with Crippen LogP contribution in [0.25, 0.3) is 0 Å². The lowest BCUT2D eigenvalue weighted by atomic mass is 9.98. The highest BCUT2D eigenvalue weighted by molar-refractivity contribution is 7.88. The molecule has 80 valence electrons. The van der Waals surface area contributed by atoms with Gasteiger partial charge >= 0.3 is 0 Å². The minimum Gasteiger partial charge on any atom is -0.397 e. The predicted octanol–water partition coefficient (Wildman–Crippen LogP) is -0.759. The average molecular weight is 217 g/mol. The van der Waals surface area contributed by atoms with E-state index in [-0.39, 0.29) is 5.92 Å². The summed E-state index contributed by atoms with van der Waals surface area (Å²) < 4.78 is 24.1. The molecule has 5 N–H and O–H groups in total. The van der Waals surface area contributed by atoms with Gasteiger partial charge in [-0.25, -0.2) is 13.1 Å². The molecule has 0 amide bonds. The highest BCUT2D eigenvalue weighted by Crippen LogP contribution is 2.16. The third kappa shape index (κ3) is 3.39. The fraction of sp³-hybridized carbons (Fsp3) is 0.500. The van der Waals surface area contributed by atoms with Crippen molar-refractivity contribution in [2.45, 2.75) is 6.42 Å². The molecule has 1 atom stereocenters. The predicted molar refractivity (Wildman–Crippen MR) is 55.5 cm³/mol. The summed E-state index contributed by atoms with van der Waals surface area (Å²) in [7, 11) is -3.13. The Morgan fingerprint density at radius 2 is 2.14 bits per heavy atom. The maximum Gasteiger partial charge on any atom is 0.208 e. The minimum absolute atomic E-state index is 0.0945. The van der Waals surface area contributed by atoms with E-state index in [2.05, 4.69) is 4.72 Å². The smallest absolute Gasteiger partial charge is 0.208 e. The molecule has 1 aliphatic rings. The van der Waals surface area contributed by atoms with Crippen molar-refractivity contribution in [1.82, 2.24) is 4.72 Å². The van der Waals surface area contributed by atoms with Gasteiger partial charge in [-0.05, 0) is 12.3 Å². The Morgan fingerprint density at radius 3 is 2.64 bits per heavy atom. The first-order valence-electron chi connectivity index (χ1n) is 4.26. The zero-order valence-electron chi connectivity index (χ0n) is 8.03. The van der Waals surface area contributed by atoms with E-state index in [1.807, 2.05) is 6.08 Å². The topological polar surface area (TPSA) is 98.2 Å². The van der Waals surface area contributed by atoms with E-state index < -0.39 is 10.0 Å². The lowest BCUT2D eigenvalue weighted by Gasteiger charge is -2.17. The summed E-state index contributed by atoms with van der Waals surface area (Å²) in [6, 6.07) is 0. The molecule has 0 radical (unpaired) electrons. The number of nitrogens with two attached hydrogens (primary N) is 2. The summed E-state index contributed by atoms with van der Waals surface area (Å²) >= 11 is 0. The van der Waals surface area contributed by atoms with Gasteiger partial charge in [-0.2, -0.15) is 0 Å². The van der Waals surface area contributed by atoms with Crippen molar-refractivity contribution in [1.29, 1.82) is 0 Å². The van der Waals surface area contributed by atoms with Gasteiger partial charge in [0.1, 0.15) is 0 Å². The molecule has 0 aromatic rings. The van der Waals surface area contributed by atoms with Crippen molar-refractivity contribution in [3.8, 4) is 0 Å². The fourth-order valence-corrected chi connectivity index (χ4v) is 1.73. The zero-order chi connectivity index (χ0) is 10.8.